The Bertz CT molecular complexity index is 993. The number of nitrogens with one attached hydrogen (secondary N) is 2. The number of benzene rings is 2. The molecule has 5 nitrogen and oxygen atoms in total. The third kappa shape index (κ3) is 2.67. The summed E-state index contributed by atoms with van der Waals surface area (Å²) >= 11 is 0. The number of aromatic nitrogens is 3. The molecule has 0 aliphatic heterocycles. The summed E-state index contributed by atoms with van der Waals surface area (Å²) in [6.45, 7) is 0. The van der Waals surface area contributed by atoms with Gasteiger partial charge in [0.25, 0.3) is 0 Å². The van der Waals surface area contributed by atoms with Crippen LogP contribution >= 0.6 is 0 Å². The van der Waals surface area contributed by atoms with Crippen LogP contribution in [0.25, 0.3) is 22.2 Å². The maximum Gasteiger partial charge on any atom is 0.142 e. The molecule has 0 saturated carbocycles. The van der Waals surface area contributed by atoms with Crippen LogP contribution in [0.15, 0.2) is 67.1 Å². The van der Waals surface area contributed by atoms with Gasteiger partial charge in [0, 0.05) is 28.7 Å². The first-order valence-electron chi connectivity index (χ1n) is 7.63. The highest BCUT2D eigenvalue weighted by Crippen LogP contribution is 2.28. The van der Waals surface area contributed by atoms with Gasteiger partial charge in [0.2, 0.25) is 0 Å². The Labute approximate surface area is 139 Å². The Morgan fingerprint density at radius 2 is 1.92 bits per heavy atom. The number of methoxy groups -OCH3 is 1. The lowest BCUT2D eigenvalue weighted by Crippen LogP contribution is -1.97. The Morgan fingerprint density at radius 3 is 2.83 bits per heavy atom. The van der Waals surface area contributed by atoms with E-state index in [0.29, 0.717) is 0 Å². The van der Waals surface area contributed by atoms with E-state index in [0.717, 1.165) is 39.4 Å². The van der Waals surface area contributed by atoms with Crippen molar-refractivity contribution in [2.75, 3.05) is 12.4 Å². The predicted octanol–water partition coefficient (Wildman–Crippen LogP) is 4.38. The van der Waals surface area contributed by atoms with Gasteiger partial charge in [0.05, 0.1) is 18.5 Å². The summed E-state index contributed by atoms with van der Waals surface area (Å²) in [5.41, 5.74) is 3.89. The van der Waals surface area contributed by atoms with Crippen molar-refractivity contribution in [3.05, 3.63) is 67.1 Å². The molecule has 0 aliphatic carbocycles. The Morgan fingerprint density at radius 1 is 1.00 bits per heavy atom. The van der Waals surface area contributed by atoms with Crippen molar-refractivity contribution in [2.45, 2.75) is 0 Å². The number of aromatic amines is 1. The van der Waals surface area contributed by atoms with Crippen molar-refractivity contribution >= 4 is 22.4 Å². The molecule has 4 rings (SSSR count). The number of rotatable bonds is 4. The molecule has 0 aliphatic rings. The molecule has 0 fully saturated rings. The van der Waals surface area contributed by atoms with Crippen molar-refractivity contribution in [1.82, 2.24) is 15.0 Å². The van der Waals surface area contributed by atoms with E-state index >= 15 is 0 Å². The lowest BCUT2D eigenvalue weighted by molar-refractivity contribution is 0.417. The maximum absolute atomic E-state index is 5.36. The van der Waals surface area contributed by atoms with Crippen LogP contribution in [0.1, 0.15) is 0 Å². The van der Waals surface area contributed by atoms with Gasteiger partial charge >= 0.3 is 0 Å². The molecule has 0 unspecified atom stereocenters. The summed E-state index contributed by atoms with van der Waals surface area (Å²) in [6.07, 6.45) is 3.50. The first-order valence-corrected chi connectivity index (χ1v) is 7.63. The molecule has 0 atom stereocenters. The summed E-state index contributed by atoms with van der Waals surface area (Å²) in [7, 11) is 1.65. The molecular weight excluding hydrogens is 300 g/mol. The van der Waals surface area contributed by atoms with E-state index in [9.17, 15) is 0 Å². The topological polar surface area (TPSA) is 62.8 Å². The average Bonchev–Trinajstić information content (AvgIpc) is 3.10. The fourth-order valence-corrected chi connectivity index (χ4v) is 2.68. The number of fused-ring (bicyclic) bond motifs is 1. The summed E-state index contributed by atoms with van der Waals surface area (Å²) in [4.78, 5) is 11.9. The lowest BCUT2D eigenvalue weighted by Gasteiger charge is -2.10. The molecule has 118 valence electrons. The largest absolute Gasteiger partial charge is 0.495 e. The van der Waals surface area contributed by atoms with E-state index in [1.165, 1.54) is 0 Å². The fourth-order valence-electron chi connectivity index (χ4n) is 2.68. The lowest BCUT2D eigenvalue weighted by atomic mass is 10.1. The summed E-state index contributed by atoms with van der Waals surface area (Å²) in [6, 6.07) is 17.9. The van der Waals surface area contributed by atoms with E-state index in [1.807, 2.05) is 48.7 Å². The molecule has 2 heterocycles. The highest BCUT2D eigenvalue weighted by Gasteiger charge is 2.06. The minimum Gasteiger partial charge on any atom is -0.495 e. The number of anilines is 2. The quantitative estimate of drug-likeness (QED) is 0.586. The van der Waals surface area contributed by atoms with Crippen LogP contribution in [-0.4, -0.2) is 22.1 Å². The van der Waals surface area contributed by atoms with Crippen LogP contribution in [0.3, 0.4) is 0 Å². The molecule has 0 saturated heterocycles. The summed E-state index contributed by atoms with van der Waals surface area (Å²) < 4.78 is 5.36. The van der Waals surface area contributed by atoms with Crippen molar-refractivity contribution in [3.63, 3.8) is 0 Å². The van der Waals surface area contributed by atoms with Crippen LogP contribution in [-0.2, 0) is 0 Å². The molecule has 4 aromatic rings. The van der Waals surface area contributed by atoms with E-state index in [-0.39, 0.29) is 0 Å². The second-order valence-corrected chi connectivity index (χ2v) is 5.39. The molecule has 0 radical (unpaired) electrons. The van der Waals surface area contributed by atoms with Crippen LogP contribution < -0.4 is 10.1 Å². The van der Waals surface area contributed by atoms with E-state index in [2.05, 4.69) is 32.4 Å². The van der Waals surface area contributed by atoms with Crippen molar-refractivity contribution < 1.29 is 4.74 Å². The standard InChI is InChI=1S/C19H16N4O/c1-24-18-5-3-2-4-16(18)23-19-11-17(21-12-22-19)13-6-7-15-14(10-13)8-9-20-15/h2-12,20H,1H3,(H,21,22,23). The SMILES string of the molecule is COc1ccccc1Nc1cc(-c2ccc3[nH]ccc3c2)ncn1. The van der Waals surface area contributed by atoms with Crippen LogP contribution in [0.5, 0.6) is 5.75 Å². The first kappa shape index (κ1) is 14.3. The van der Waals surface area contributed by atoms with Crippen LogP contribution in [0, 0.1) is 0 Å². The minimum absolute atomic E-state index is 0.721. The highest BCUT2D eigenvalue weighted by molar-refractivity contribution is 5.84. The Kier molecular flexibility index (Phi) is 3.59. The maximum atomic E-state index is 5.36. The second kappa shape index (κ2) is 6.04. The first-order chi connectivity index (χ1) is 11.8. The molecule has 0 spiro atoms. The number of ether oxygens (including phenoxy) is 1. The minimum atomic E-state index is 0.721. The number of hydrogen-bond donors (Lipinski definition) is 2. The zero-order valence-corrected chi connectivity index (χ0v) is 13.2. The molecule has 5 heteroatoms. The van der Waals surface area contributed by atoms with Gasteiger partial charge in [-0.3, -0.25) is 0 Å². The highest BCUT2D eigenvalue weighted by atomic mass is 16.5. The van der Waals surface area contributed by atoms with E-state index in [4.69, 9.17) is 4.74 Å². The zero-order valence-electron chi connectivity index (χ0n) is 13.2. The number of hydrogen-bond acceptors (Lipinski definition) is 4. The van der Waals surface area contributed by atoms with Gasteiger partial charge < -0.3 is 15.0 Å². The number of nitrogens with zero attached hydrogens (tertiary/aromatic N) is 2. The van der Waals surface area contributed by atoms with Gasteiger partial charge in [0.15, 0.2) is 0 Å². The van der Waals surface area contributed by atoms with E-state index < -0.39 is 0 Å². The van der Waals surface area contributed by atoms with Crippen molar-refractivity contribution in [1.29, 1.82) is 0 Å². The molecular formula is C19H16N4O. The monoisotopic (exact) mass is 316 g/mol. The van der Waals surface area contributed by atoms with Crippen LogP contribution in [0.2, 0.25) is 0 Å². The van der Waals surface area contributed by atoms with Gasteiger partial charge in [-0.2, -0.15) is 0 Å². The van der Waals surface area contributed by atoms with Gasteiger partial charge in [-0.25, -0.2) is 9.97 Å². The summed E-state index contributed by atoms with van der Waals surface area (Å²) in [5.74, 6) is 1.49. The molecule has 2 aromatic carbocycles. The molecule has 24 heavy (non-hydrogen) atoms. The normalized spacial score (nSPS) is 10.7. The van der Waals surface area contributed by atoms with Crippen molar-refractivity contribution in [2.24, 2.45) is 0 Å². The van der Waals surface area contributed by atoms with Gasteiger partial charge in [0.1, 0.15) is 17.9 Å². The Balaban J connectivity index is 1.68. The smallest absolute Gasteiger partial charge is 0.142 e. The molecule has 2 N–H and O–H groups in total. The summed E-state index contributed by atoms with van der Waals surface area (Å²) in [5, 5.41) is 4.44. The third-order valence-corrected chi connectivity index (χ3v) is 3.89. The van der Waals surface area contributed by atoms with Gasteiger partial charge in [-0.15, -0.1) is 0 Å². The predicted molar refractivity (Wildman–Crippen MR) is 95.6 cm³/mol. The van der Waals surface area contributed by atoms with E-state index in [1.54, 1.807) is 13.4 Å². The molecule has 2 aromatic heterocycles. The number of H-pyrrole nitrogens is 1. The number of para-hydroxylation sites is 2. The second-order valence-electron chi connectivity index (χ2n) is 5.39. The zero-order chi connectivity index (χ0) is 16.4. The van der Waals surface area contributed by atoms with Gasteiger partial charge in [-0.1, -0.05) is 18.2 Å². The van der Waals surface area contributed by atoms with Crippen LogP contribution in [0.4, 0.5) is 11.5 Å². The van der Waals surface area contributed by atoms with Crippen molar-refractivity contribution in [3.8, 4) is 17.0 Å². The third-order valence-electron chi connectivity index (χ3n) is 3.89. The van der Waals surface area contributed by atoms with Gasteiger partial charge in [-0.05, 0) is 30.3 Å². The molecule has 0 amide bonds. The fraction of sp³-hybridized carbons (Fsp3) is 0.0526. The molecule has 0 bridgehead atoms. The average molecular weight is 316 g/mol. The Hall–Kier alpha value is -3.34.